The molecule has 4 heteroatoms. The molecule has 178 valence electrons. The molecule has 0 amide bonds. The smallest absolute Gasteiger partial charge is 0.309 e. The molecule has 0 saturated heterocycles. The molecule has 5 aliphatic carbocycles. The van der Waals surface area contributed by atoms with Crippen molar-refractivity contribution in [1.29, 1.82) is 0 Å². The van der Waals surface area contributed by atoms with Gasteiger partial charge in [-0.25, -0.2) is 0 Å². The fourth-order valence-corrected chi connectivity index (χ4v) is 9.49. The monoisotopic (exact) mass is 442 g/mol. The van der Waals surface area contributed by atoms with E-state index in [-0.39, 0.29) is 45.4 Å². The predicted octanol–water partition coefficient (Wildman–Crippen LogP) is 5.78. The molecule has 2 N–H and O–H groups in total. The third kappa shape index (κ3) is 2.71. The van der Waals surface area contributed by atoms with Crippen molar-refractivity contribution in [2.45, 2.75) is 105 Å². The lowest BCUT2D eigenvalue weighted by Gasteiger charge is -2.68. The van der Waals surface area contributed by atoms with Gasteiger partial charge < -0.3 is 10.2 Å². The van der Waals surface area contributed by atoms with Gasteiger partial charge in [-0.3, -0.25) is 9.59 Å². The molecule has 0 aromatic rings. The minimum absolute atomic E-state index is 0.00815. The van der Waals surface area contributed by atoms with E-state index in [0.29, 0.717) is 12.3 Å². The Bertz CT molecular complexity index is 892. The lowest BCUT2D eigenvalue weighted by atomic mass is 9.35. The molecule has 5 rings (SSSR count). The van der Waals surface area contributed by atoms with Crippen LogP contribution in [0.2, 0.25) is 0 Å². The first kappa shape index (κ1) is 22.6. The summed E-state index contributed by atoms with van der Waals surface area (Å²) in [5.74, 6) is 0.207. The van der Waals surface area contributed by atoms with Crippen LogP contribution in [0.25, 0.3) is 0 Å². The number of rotatable bonds is 1. The zero-order valence-corrected chi connectivity index (χ0v) is 20.7. The highest BCUT2D eigenvalue weighted by molar-refractivity contribution is 5.95. The van der Waals surface area contributed by atoms with E-state index in [4.69, 9.17) is 0 Å². The second-order valence-corrected chi connectivity index (χ2v) is 13.6. The summed E-state index contributed by atoms with van der Waals surface area (Å²) in [5, 5.41) is 20.3. The Morgan fingerprint density at radius 1 is 0.969 bits per heavy atom. The van der Waals surface area contributed by atoms with Gasteiger partial charge in [0.15, 0.2) is 5.78 Å². The Kier molecular flexibility index (Phi) is 4.74. The van der Waals surface area contributed by atoms with E-state index < -0.39 is 11.4 Å². The second-order valence-electron chi connectivity index (χ2n) is 13.6. The van der Waals surface area contributed by atoms with Crippen LogP contribution < -0.4 is 0 Å². The van der Waals surface area contributed by atoms with Crippen molar-refractivity contribution in [2.24, 2.45) is 44.8 Å². The molecular weight excluding hydrogens is 400 g/mol. The van der Waals surface area contributed by atoms with Gasteiger partial charge in [0.25, 0.3) is 0 Å². The lowest BCUT2D eigenvalue weighted by molar-refractivity contribution is -0.176. The Morgan fingerprint density at radius 2 is 1.66 bits per heavy atom. The van der Waals surface area contributed by atoms with E-state index in [1.807, 2.05) is 13.0 Å². The van der Waals surface area contributed by atoms with E-state index in [2.05, 4.69) is 27.7 Å². The van der Waals surface area contributed by atoms with Gasteiger partial charge >= 0.3 is 5.97 Å². The standard InChI is InChI=1S/C28H42O4/c1-24-10-11-25(2,23(31)32)16-20(24)19-15-21(30)22-26(3)8-7-18(29)14-17(26)6-9-28(22,5)27(19,4)13-12-24/h15,17-18,20,22,29H,6-14,16H2,1-5H3,(H,31,32)/t17-,18-,20-,22+,24+,25-,26-,27+,28+/m0/s1. The zero-order chi connectivity index (χ0) is 23.3. The van der Waals surface area contributed by atoms with Crippen LogP contribution in [0.15, 0.2) is 11.6 Å². The Hall–Kier alpha value is -1.16. The van der Waals surface area contributed by atoms with Gasteiger partial charge in [-0.05, 0) is 111 Å². The summed E-state index contributed by atoms with van der Waals surface area (Å²) < 4.78 is 0. The van der Waals surface area contributed by atoms with E-state index in [1.54, 1.807) is 0 Å². The molecule has 32 heavy (non-hydrogen) atoms. The molecule has 9 atom stereocenters. The average Bonchev–Trinajstić information content (AvgIpc) is 2.71. The van der Waals surface area contributed by atoms with Crippen LogP contribution in [0.3, 0.4) is 0 Å². The maximum atomic E-state index is 14.0. The van der Waals surface area contributed by atoms with Crippen LogP contribution in [0.1, 0.15) is 98.8 Å². The number of hydrogen-bond donors (Lipinski definition) is 2. The summed E-state index contributed by atoms with van der Waals surface area (Å²) >= 11 is 0. The molecule has 4 fully saturated rings. The molecule has 0 unspecified atom stereocenters. The summed E-state index contributed by atoms with van der Waals surface area (Å²) in [4.78, 5) is 26.2. The Morgan fingerprint density at radius 3 is 2.34 bits per heavy atom. The van der Waals surface area contributed by atoms with Crippen LogP contribution in [0.4, 0.5) is 0 Å². The van der Waals surface area contributed by atoms with Crippen LogP contribution >= 0.6 is 0 Å². The Labute approximate surface area is 193 Å². The molecular formula is C28H42O4. The molecule has 4 nitrogen and oxygen atoms in total. The summed E-state index contributed by atoms with van der Waals surface area (Å²) in [6.45, 7) is 11.4. The van der Waals surface area contributed by atoms with Crippen LogP contribution in [-0.2, 0) is 9.59 Å². The van der Waals surface area contributed by atoms with Crippen molar-refractivity contribution in [3.63, 3.8) is 0 Å². The highest BCUT2D eigenvalue weighted by Crippen LogP contribution is 2.73. The third-order valence-corrected chi connectivity index (χ3v) is 12.1. The number of aliphatic carboxylic acids is 1. The molecule has 0 spiro atoms. The van der Waals surface area contributed by atoms with Gasteiger partial charge in [0, 0.05) is 5.92 Å². The number of allylic oxidation sites excluding steroid dienone is 2. The molecule has 0 aliphatic heterocycles. The predicted molar refractivity (Wildman–Crippen MR) is 124 cm³/mol. The van der Waals surface area contributed by atoms with Crippen molar-refractivity contribution in [3.05, 3.63) is 11.6 Å². The number of aliphatic hydroxyl groups excluding tert-OH is 1. The fraction of sp³-hybridized carbons (Fsp3) is 0.857. The topological polar surface area (TPSA) is 74.6 Å². The molecule has 0 aromatic heterocycles. The van der Waals surface area contributed by atoms with Crippen molar-refractivity contribution in [1.82, 2.24) is 0 Å². The number of fused-ring (bicyclic) bond motifs is 7. The summed E-state index contributed by atoms with van der Waals surface area (Å²) in [7, 11) is 0. The van der Waals surface area contributed by atoms with Crippen LogP contribution in [-0.4, -0.2) is 28.1 Å². The van der Waals surface area contributed by atoms with Gasteiger partial charge in [-0.2, -0.15) is 0 Å². The number of carbonyl (C=O) groups excluding carboxylic acids is 1. The number of ketones is 1. The normalized spacial score (nSPS) is 55.1. The van der Waals surface area contributed by atoms with E-state index in [0.717, 1.165) is 57.8 Å². The van der Waals surface area contributed by atoms with Crippen LogP contribution in [0, 0.1) is 44.8 Å². The second kappa shape index (κ2) is 6.71. The van der Waals surface area contributed by atoms with Crippen molar-refractivity contribution in [2.75, 3.05) is 0 Å². The number of hydrogen-bond acceptors (Lipinski definition) is 3. The molecule has 0 radical (unpaired) electrons. The van der Waals surface area contributed by atoms with E-state index in [1.165, 1.54) is 5.57 Å². The number of carboxylic acids is 1. The summed E-state index contributed by atoms with van der Waals surface area (Å²) in [6, 6.07) is 0. The van der Waals surface area contributed by atoms with Gasteiger partial charge in [0.05, 0.1) is 11.5 Å². The minimum Gasteiger partial charge on any atom is -0.481 e. The first-order valence-corrected chi connectivity index (χ1v) is 13.0. The van der Waals surface area contributed by atoms with E-state index >= 15 is 0 Å². The average molecular weight is 443 g/mol. The highest BCUT2D eigenvalue weighted by atomic mass is 16.4. The molecule has 5 aliphatic rings. The maximum Gasteiger partial charge on any atom is 0.309 e. The molecule has 4 saturated carbocycles. The molecule has 0 heterocycles. The SMILES string of the molecule is C[C@]1(C(=O)O)CC[C@]2(C)CC[C@]3(C)C(=CC(=O)[C@@H]4[C@@]5(C)CC[C@H](O)C[C@@H]5CC[C@]43C)[C@@H]2C1. The fourth-order valence-electron chi connectivity index (χ4n) is 9.49. The largest absolute Gasteiger partial charge is 0.481 e. The lowest BCUT2D eigenvalue weighted by Crippen LogP contribution is -2.64. The van der Waals surface area contributed by atoms with Crippen molar-refractivity contribution < 1.29 is 19.8 Å². The first-order valence-electron chi connectivity index (χ1n) is 13.0. The molecule has 0 bridgehead atoms. The zero-order valence-electron chi connectivity index (χ0n) is 20.7. The van der Waals surface area contributed by atoms with Crippen LogP contribution in [0.5, 0.6) is 0 Å². The first-order chi connectivity index (χ1) is 14.8. The van der Waals surface area contributed by atoms with Gasteiger partial charge in [-0.1, -0.05) is 33.3 Å². The minimum atomic E-state index is -0.701. The maximum absolute atomic E-state index is 14.0. The number of carboxylic acid groups (broad SMARTS) is 1. The quantitative estimate of drug-likeness (QED) is 0.540. The van der Waals surface area contributed by atoms with Crippen molar-refractivity contribution in [3.8, 4) is 0 Å². The van der Waals surface area contributed by atoms with Gasteiger partial charge in [0.2, 0.25) is 0 Å². The highest BCUT2D eigenvalue weighted by Gasteiger charge is 2.68. The molecule has 0 aromatic carbocycles. The summed E-state index contributed by atoms with van der Waals surface area (Å²) in [5.41, 5.74) is 0.473. The third-order valence-electron chi connectivity index (χ3n) is 12.1. The van der Waals surface area contributed by atoms with E-state index in [9.17, 15) is 19.8 Å². The number of aliphatic hydroxyl groups is 1. The van der Waals surface area contributed by atoms with Gasteiger partial charge in [-0.15, -0.1) is 0 Å². The van der Waals surface area contributed by atoms with Gasteiger partial charge in [0.1, 0.15) is 0 Å². The number of carbonyl (C=O) groups is 2. The van der Waals surface area contributed by atoms with Crippen molar-refractivity contribution >= 4 is 11.8 Å². The summed E-state index contributed by atoms with van der Waals surface area (Å²) in [6.07, 6.45) is 11.0. The Balaban J connectivity index is 1.61.